The minimum atomic E-state index is -0.190. The van der Waals surface area contributed by atoms with Gasteiger partial charge in [0.1, 0.15) is 12.0 Å². The molecular weight excluding hydrogens is 206 g/mol. The fraction of sp³-hybridized carbons (Fsp3) is 0.333. The van der Waals surface area contributed by atoms with Crippen LogP contribution in [0, 0.1) is 0 Å². The fourth-order valence-electron chi connectivity index (χ4n) is 1.25. The van der Waals surface area contributed by atoms with Crippen molar-refractivity contribution >= 4 is 17.9 Å². The lowest BCUT2D eigenvalue weighted by Gasteiger charge is -2.11. The molecule has 1 N–H and O–H groups in total. The Labute approximate surface area is 94.6 Å². The first-order chi connectivity index (χ1) is 7.67. The average molecular weight is 221 g/mol. The van der Waals surface area contributed by atoms with E-state index in [1.54, 1.807) is 18.2 Å². The summed E-state index contributed by atoms with van der Waals surface area (Å²) in [6.45, 7) is 3.99. The lowest BCUT2D eigenvalue weighted by Crippen LogP contribution is -2.08. The maximum Gasteiger partial charge on any atom is 0.221 e. The molecule has 0 saturated carbocycles. The number of benzene rings is 1. The molecule has 0 heterocycles. The van der Waals surface area contributed by atoms with E-state index < -0.39 is 0 Å². The molecule has 0 aromatic heterocycles. The number of hydrogen-bond acceptors (Lipinski definition) is 3. The number of aldehydes is 1. The van der Waals surface area contributed by atoms with Gasteiger partial charge in [0.2, 0.25) is 5.91 Å². The van der Waals surface area contributed by atoms with Crippen LogP contribution in [0.15, 0.2) is 18.2 Å². The fourth-order valence-corrected chi connectivity index (χ4v) is 1.25. The summed E-state index contributed by atoms with van der Waals surface area (Å²) >= 11 is 0. The Hall–Kier alpha value is -1.84. The number of nitrogens with one attached hydrogen (secondary N) is 1. The Morgan fingerprint density at radius 1 is 1.50 bits per heavy atom. The Balaban J connectivity index is 2.95. The van der Waals surface area contributed by atoms with E-state index in [-0.39, 0.29) is 5.91 Å². The van der Waals surface area contributed by atoms with E-state index in [1.165, 1.54) is 6.92 Å². The molecule has 0 radical (unpaired) electrons. The molecular formula is C12H15NO3. The molecule has 0 aliphatic rings. The van der Waals surface area contributed by atoms with Gasteiger partial charge in [0.15, 0.2) is 0 Å². The highest BCUT2D eigenvalue weighted by Crippen LogP contribution is 2.25. The summed E-state index contributed by atoms with van der Waals surface area (Å²) in [5.41, 5.74) is 1.04. The largest absolute Gasteiger partial charge is 0.491 e. The summed E-state index contributed by atoms with van der Waals surface area (Å²) < 4.78 is 5.46. The van der Waals surface area contributed by atoms with Crippen molar-refractivity contribution in [2.45, 2.75) is 20.3 Å². The van der Waals surface area contributed by atoms with Gasteiger partial charge < -0.3 is 10.1 Å². The molecule has 0 fully saturated rings. The third-order valence-electron chi connectivity index (χ3n) is 1.91. The van der Waals surface area contributed by atoms with Crippen LogP contribution >= 0.6 is 0 Å². The monoisotopic (exact) mass is 221 g/mol. The zero-order chi connectivity index (χ0) is 12.0. The minimum absolute atomic E-state index is 0.190. The molecule has 0 atom stereocenters. The van der Waals surface area contributed by atoms with Crippen LogP contribution in [0.2, 0.25) is 0 Å². The lowest BCUT2D eigenvalue weighted by molar-refractivity contribution is -0.114. The van der Waals surface area contributed by atoms with Gasteiger partial charge >= 0.3 is 0 Å². The first-order valence-electron chi connectivity index (χ1n) is 5.17. The van der Waals surface area contributed by atoms with Crippen molar-refractivity contribution in [1.82, 2.24) is 0 Å². The van der Waals surface area contributed by atoms with Gasteiger partial charge in [-0.1, -0.05) is 6.92 Å². The molecule has 1 aromatic rings. The zero-order valence-electron chi connectivity index (χ0n) is 9.45. The quantitative estimate of drug-likeness (QED) is 0.776. The maximum absolute atomic E-state index is 11.0. The SMILES string of the molecule is CCCOc1ccc(C=O)cc1NC(C)=O. The number of rotatable bonds is 5. The van der Waals surface area contributed by atoms with E-state index in [0.29, 0.717) is 23.6 Å². The summed E-state index contributed by atoms with van der Waals surface area (Å²) in [6, 6.07) is 4.94. The molecule has 0 spiro atoms. The summed E-state index contributed by atoms with van der Waals surface area (Å²) in [7, 11) is 0. The number of hydrogen-bond donors (Lipinski definition) is 1. The third kappa shape index (κ3) is 3.38. The van der Waals surface area contributed by atoms with E-state index in [9.17, 15) is 9.59 Å². The van der Waals surface area contributed by atoms with Crippen LogP contribution in [0.5, 0.6) is 5.75 Å². The molecule has 0 aliphatic carbocycles. The summed E-state index contributed by atoms with van der Waals surface area (Å²) in [5, 5.41) is 2.63. The minimum Gasteiger partial charge on any atom is -0.491 e. The molecule has 0 aliphatic heterocycles. The smallest absolute Gasteiger partial charge is 0.221 e. The van der Waals surface area contributed by atoms with Crippen molar-refractivity contribution in [2.24, 2.45) is 0 Å². The standard InChI is InChI=1S/C12H15NO3/c1-3-6-16-12-5-4-10(8-14)7-11(12)13-9(2)15/h4-5,7-8H,3,6H2,1-2H3,(H,13,15). The molecule has 1 aromatic carbocycles. The third-order valence-corrected chi connectivity index (χ3v) is 1.91. The Kier molecular flexibility index (Phi) is 4.51. The van der Waals surface area contributed by atoms with Crippen LogP contribution in [-0.4, -0.2) is 18.8 Å². The highest BCUT2D eigenvalue weighted by molar-refractivity contribution is 5.92. The van der Waals surface area contributed by atoms with Crippen LogP contribution in [0.4, 0.5) is 5.69 Å². The number of ether oxygens (including phenoxy) is 1. The van der Waals surface area contributed by atoms with Crippen LogP contribution < -0.4 is 10.1 Å². The first kappa shape index (κ1) is 12.2. The summed E-state index contributed by atoms with van der Waals surface area (Å²) in [5.74, 6) is 0.395. The summed E-state index contributed by atoms with van der Waals surface area (Å²) in [6.07, 6.45) is 1.61. The van der Waals surface area contributed by atoms with Gasteiger partial charge in [0.05, 0.1) is 12.3 Å². The highest BCUT2D eigenvalue weighted by Gasteiger charge is 2.06. The highest BCUT2D eigenvalue weighted by atomic mass is 16.5. The van der Waals surface area contributed by atoms with Crippen molar-refractivity contribution in [3.63, 3.8) is 0 Å². The molecule has 0 bridgehead atoms. The van der Waals surface area contributed by atoms with Gasteiger partial charge in [0.25, 0.3) is 0 Å². The maximum atomic E-state index is 11.0. The Bertz CT molecular complexity index is 388. The Morgan fingerprint density at radius 3 is 2.81 bits per heavy atom. The van der Waals surface area contributed by atoms with Gasteiger partial charge in [-0.15, -0.1) is 0 Å². The van der Waals surface area contributed by atoms with Crippen molar-refractivity contribution in [3.05, 3.63) is 23.8 Å². The van der Waals surface area contributed by atoms with E-state index in [2.05, 4.69) is 5.32 Å². The number of anilines is 1. The van der Waals surface area contributed by atoms with Gasteiger partial charge in [0, 0.05) is 12.5 Å². The Morgan fingerprint density at radius 2 is 2.25 bits per heavy atom. The lowest BCUT2D eigenvalue weighted by atomic mass is 10.2. The molecule has 0 saturated heterocycles. The van der Waals surface area contributed by atoms with Gasteiger partial charge in [-0.3, -0.25) is 9.59 Å². The van der Waals surface area contributed by atoms with Crippen LogP contribution in [0.25, 0.3) is 0 Å². The van der Waals surface area contributed by atoms with Crippen molar-refractivity contribution in [3.8, 4) is 5.75 Å². The number of amides is 1. The molecule has 16 heavy (non-hydrogen) atoms. The van der Waals surface area contributed by atoms with E-state index >= 15 is 0 Å². The van der Waals surface area contributed by atoms with E-state index in [1.807, 2.05) is 6.92 Å². The normalized spacial score (nSPS) is 9.62. The topological polar surface area (TPSA) is 55.4 Å². The average Bonchev–Trinajstić information content (AvgIpc) is 2.26. The van der Waals surface area contributed by atoms with E-state index in [4.69, 9.17) is 4.74 Å². The second kappa shape index (κ2) is 5.90. The number of carbonyl (C=O) groups is 2. The van der Waals surface area contributed by atoms with Gasteiger partial charge in [-0.25, -0.2) is 0 Å². The summed E-state index contributed by atoms with van der Waals surface area (Å²) in [4.78, 5) is 21.6. The van der Waals surface area contributed by atoms with Crippen LogP contribution in [-0.2, 0) is 4.79 Å². The van der Waals surface area contributed by atoms with Crippen LogP contribution in [0.1, 0.15) is 30.6 Å². The second-order valence-electron chi connectivity index (χ2n) is 3.40. The van der Waals surface area contributed by atoms with E-state index in [0.717, 1.165) is 12.7 Å². The second-order valence-corrected chi connectivity index (χ2v) is 3.40. The zero-order valence-corrected chi connectivity index (χ0v) is 9.45. The van der Waals surface area contributed by atoms with Gasteiger partial charge in [-0.05, 0) is 24.6 Å². The first-order valence-corrected chi connectivity index (χ1v) is 5.17. The van der Waals surface area contributed by atoms with Gasteiger partial charge in [-0.2, -0.15) is 0 Å². The predicted molar refractivity (Wildman–Crippen MR) is 61.9 cm³/mol. The molecule has 1 amide bonds. The van der Waals surface area contributed by atoms with Crippen molar-refractivity contribution in [1.29, 1.82) is 0 Å². The van der Waals surface area contributed by atoms with Crippen molar-refractivity contribution in [2.75, 3.05) is 11.9 Å². The van der Waals surface area contributed by atoms with Crippen molar-refractivity contribution < 1.29 is 14.3 Å². The number of carbonyl (C=O) groups excluding carboxylic acids is 2. The molecule has 4 heteroatoms. The molecule has 86 valence electrons. The van der Waals surface area contributed by atoms with Crippen LogP contribution in [0.3, 0.4) is 0 Å². The predicted octanol–water partition coefficient (Wildman–Crippen LogP) is 2.25. The molecule has 1 rings (SSSR count). The molecule has 0 unspecified atom stereocenters. The molecule has 4 nitrogen and oxygen atoms in total.